The van der Waals surface area contributed by atoms with E-state index >= 15 is 0 Å². The molecule has 0 N–H and O–H groups in total. The van der Waals surface area contributed by atoms with E-state index in [-0.39, 0.29) is 35.8 Å². The van der Waals surface area contributed by atoms with E-state index in [1.807, 2.05) is 68.4 Å². The standard InChI is InChI=1S/C30H26N2O5/c1-18-8-11-20(12-9-18)17-31-23-7-5-4-6-22(23)30(29(31)35)25-26(33)21-16-19(2)10-13-24(21)37-27(25)28(34)32(30)14-15-36-3/h4-13,16H,14-15,17H2,1-3H3. The number of nitrogens with zero attached hydrogens (tertiary/aromatic N) is 2. The van der Waals surface area contributed by atoms with Gasteiger partial charge in [0.2, 0.25) is 5.76 Å². The molecule has 6 rings (SSSR count). The number of aryl methyl sites for hydroxylation is 2. The van der Waals surface area contributed by atoms with Crippen LogP contribution in [0.3, 0.4) is 0 Å². The van der Waals surface area contributed by atoms with Crippen LogP contribution in [0.15, 0.2) is 75.9 Å². The molecule has 0 aliphatic carbocycles. The number of carbonyl (C=O) groups excluding carboxylic acids is 2. The van der Waals surface area contributed by atoms with Crippen LogP contribution < -0.4 is 10.3 Å². The lowest BCUT2D eigenvalue weighted by atomic mass is 9.84. The van der Waals surface area contributed by atoms with Crippen LogP contribution in [-0.2, 0) is 21.6 Å². The van der Waals surface area contributed by atoms with E-state index in [1.54, 1.807) is 17.0 Å². The SMILES string of the molecule is COCCN1C(=O)c2oc3ccc(C)cc3c(=O)c2C12C(=O)N(Cc1ccc(C)cc1)c1ccccc12. The van der Waals surface area contributed by atoms with Crippen LogP contribution >= 0.6 is 0 Å². The lowest BCUT2D eigenvalue weighted by molar-refractivity contribution is -0.126. The van der Waals surface area contributed by atoms with Gasteiger partial charge in [0, 0.05) is 19.2 Å². The number of methoxy groups -OCH3 is 1. The van der Waals surface area contributed by atoms with Gasteiger partial charge in [-0.3, -0.25) is 14.4 Å². The molecule has 1 spiro atoms. The molecule has 3 heterocycles. The van der Waals surface area contributed by atoms with Crippen molar-refractivity contribution in [3.05, 3.63) is 111 Å². The zero-order valence-corrected chi connectivity index (χ0v) is 20.9. The number of rotatable bonds is 5. The van der Waals surface area contributed by atoms with Crippen molar-refractivity contribution in [3.63, 3.8) is 0 Å². The molecule has 2 amide bonds. The highest BCUT2D eigenvalue weighted by molar-refractivity contribution is 6.17. The average molecular weight is 495 g/mol. The Morgan fingerprint density at radius 2 is 1.65 bits per heavy atom. The Morgan fingerprint density at radius 3 is 2.41 bits per heavy atom. The molecule has 2 aliphatic rings. The maximum absolute atomic E-state index is 14.6. The summed E-state index contributed by atoms with van der Waals surface area (Å²) in [5, 5.41) is 0.349. The van der Waals surface area contributed by atoms with Crippen LogP contribution in [0.5, 0.6) is 0 Å². The van der Waals surface area contributed by atoms with Gasteiger partial charge in [-0.15, -0.1) is 0 Å². The molecule has 37 heavy (non-hydrogen) atoms. The lowest BCUT2D eigenvalue weighted by Crippen LogP contribution is -2.54. The largest absolute Gasteiger partial charge is 0.450 e. The smallest absolute Gasteiger partial charge is 0.291 e. The number of hydrogen-bond donors (Lipinski definition) is 0. The molecule has 3 aromatic carbocycles. The Kier molecular flexibility index (Phi) is 5.28. The van der Waals surface area contributed by atoms with Gasteiger partial charge in [-0.05, 0) is 37.6 Å². The maximum atomic E-state index is 14.6. The first-order valence-electron chi connectivity index (χ1n) is 12.2. The second-order valence-corrected chi connectivity index (χ2v) is 9.69. The van der Waals surface area contributed by atoms with Gasteiger partial charge >= 0.3 is 0 Å². The van der Waals surface area contributed by atoms with Crippen LogP contribution in [0.4, 0.5) is 5.69 Å². The van der Waals surface area contributed by atoms with Crippen molar-refractivity contribution >= 4 is 28.5 Å². The summed E-state index contributed by atoms with van der Waals surface area (Å²) in [5.41, 5.74) is 2.60. The van der Waals surface area contributed by atoms with Crippen molar-refractivity contribution in [2.24, 2.45) is 0 Å². The average Bonchev–Trinajstić information content (AvgIpc) is 3.29. The molecule has 0 fully saturated rings. The van der Waals surface area contributed by atoms with Crippen molar-refractivity contribution in [3.8, 4) is 0 Å². The summed E-state index contributed by atoms with van der Waals surface area (Å²) in [5.74, 6) is -0.929. The molecule has 2 aliphatic heterocycles. The number of ether oxygens (including phenoxy) is 1. The van der Waals surface area contributed by atoms with E-state index < -0.39 is 11.4 Å². The summed E-state index contributed by atoms with van der Waals surface area (Å²) >= 11 is 0. The van der Waals surface area contributed by atoms with E-state index in [1.165, 1.54) is 12.0 Å². The first kappa shape index (κ1) is 23.2. The van der Waals surface area contributed by atoms with Gasteiger partial charge in [-0.25, -0.2) is 0 Å². The van der Waals surface area contributed by atoms with Crippen molar-refractivity contribution in [1.29, 1.82) is 0 Å². The predicted molar refractivity (Wildman–Crippen MR) is 140 cm³/mol. The summed E-state index contributed by atoms with van der Waals surface area (Å²) < 4.78 is 11.4. The molecule has 7 heteroatoms. The Morgan fingerprint density at radius 1 is 0.919 bits per heavy atom. The molecule has 0 bridgehead atoms. The third kappa shape index (κ3) is 3.20. The van der Waals surface area contributed by atoms with Gasteiger partial charge in [0.25, 0.3) is 11.8 Å². The first-order valence-corrected chi connectivity index (χ1v) is 12.2. The lowest BCUT2D eigenvalue weighted by Gasteiger charge is -2.34. The minimum atomic E-state index is -1.63. The molecular formula is C30H26N2O5. The number of fused-ring (bicyclic) bond motifs is 5. The summed E-state index contributed by atoms with van der Waals surface area (Å²) in [6.07, 6.45) is 0. The third-order valence-corrected chi connectivity index (χ3v) is 7.37. The minimum Gasteiger partial charge on any atom is -0.450 e. The van der Waals surface area contributed by atoms with Gasteiger partial charge in [0.15, 0.2) is 11.0 Å². The van der Waals surface area contributed by atoms with Crippen LogP contribution in [0, 0.1) is 13.8 Å². The minimum absolute atomic E-state index is 0.0792. The summed E-state index contributed by atoms with van der Waals surface area (Å²) in [6, 6.07) is 20.6. The topological polar surface area (TPSA) is 80.1 Å². The Balaban J connectivity index is 1.64. The highest BCUT2D eigenvalue weighted by Crippen LogP contribution is 2.52. The second-order valence-electron chi connectivity index (χ2n) is 9.69. The molecule has 4 aromatic rings. The number of anilines is 1. The van der Waals surface area contributed by atoms with E-state index in [2.05, 4.69) is 0 Å². The number of hydrogen-bond acceptors (Lipinski definition) is 5. The van der Waals surface area contributed by atoms with Gasteiger partial charge in [0.05, 0.1) is 29.8 Å². The molecule has 1 unspecified atom stereocenters. The van der Waals surface area contributed by atoms with Gasteiger partial charge in [-0.2, -0.15) is 0 Å². The molecule has 1 aromatic heterocycles. The van der Waals surface area contributed by atoms with E-state index in [0.29, 0.717) is 28.8 Å². The molecule has 0 saturated carbocycles. The fourth-order valence-electron chi connectivity index (χ4n) is 5.62. The fourth-order valence-corrected chi connectivity index (χ4v) is 5.62. The fraction of sp³-hybridized carbons (Fsp3) is 0.233. The highest BCUT2D eigenvalue weighted by Gasteiger charge is 2.64. The molecule has 0 saturated heterocycles. The zero-order chi connectivity index (χ0) is 25.9. The Labute approximate surface area is 213 Å². The van der Waals surface area contributed by atoms with E-state index in [9.17, 15) is 14.4 Å². The zero-order valence-electron chi connectivity index (χ0n) is 20.9. The Bertz CT molecular complexity index is 1640. The number of para-hydroxylation sites is 1. The van der Waals surface area contributed by atoms with Crippen molar-refractivity contribution < 1.29 is 18.7 Å². The second kappa shape index (κ2) is 8.42. The number of amides is 2. The van der Waals surface area contributed by atoms with E-state index in [0.717, 1.165) is 16.7 Å². The first-order chi connectivity index (χ1) is 17.9. The van der Waals surface area contributed by atoms with Crippen molar-refractivity contribution in [2.75, 3.05) is 25.2 Å². The number of carbonyl (C=O) groups is 2. The van der Waals surface area contributed by atoms with Crippen molar-refractivity contribution in [1.82, 2.24) is 4.90 Å². The summed E-state index contributed by atoms with van der Waals surface area (Å²) in [6.45, 7) is 4.51. The van der Waals surface area contributed by atoms with Crippen LogP contribution in [0.1, 0.15) is 38.4 Å². The Hall–Kier alpha value is -4.23. The third-order valence-electron chi connectivity index (χ3n) is 7.37. The quantitative estimate of drug-likeness (QED) is 0.413. The van der Waals surface area contributed by atoms with Gasteiger partial charge < -0.3 is 19.0 Å². The molecular weight excluding hydrogens is 468 g/mol. The summed E-state index contributed by atoms with van der Waals surface area (Å²) in [4.78, 5) is 45.7. The normalized spacial score (nSPS) is 18.2. The number of benzene rings is 3. The molecule has 0 radical (unpaired) electrons. The van der Waals surface area contributed by atoms with Crippen LogP contribution in [-0.4, -0.2) is 37.0 Å². The van der Waals surface area contributed by atoms with Gasteiger partial charge in [-0.1, -0.05) is 59.7 Å². The highest BCUT2D eigenvalue weighted by atomic mass is 16.5. The van der Waals surface area contributed by atoms with Gasteiger partial charge in [0.1, 0.15) is 5.58 Å². The van der Waals surface area contributed by atoms with Crippen LogP contribution in [0.2, 0.25) is 0 Å². The molecule has 7 nitrogen and oxygen atoms in total. The molecule has 186 valence electrons. The predicted octanol–water partition coefficient (Wildman–Crippen LogP) is 4.30. The van der Waals surface area contributed by atoms with Crippen LogP contribution in [0.25, 0.3) is 11.0 Å². The maximum Gasteiger partial charge on any atom is 0.291 e. The summed E-state index contributed by atoms with van der Waals surface area (Å²) in [7, 11) is 1.54. The molecule has 1 atom stereocenters. The monoisotopic (exact) mass is 494 g/mol. The van der Waals surface area contributed by atoms with Crippen molar-refractivity contribution in [2.45, 2.75) is 25.9 Å². The van der Waals surface area contributed by atoms with E-state index in [4.69, 9.17) is 9.15 Å².